The molecule has 0 aliphatic heterocycles. The normalized spacial score (nSPS) is 9.60. The van der Waals surface area contributed by atoms with Gasteiger partial charge >= 0.3 is 23.9 Å². The summed E-state index contributed by atoms with van der Waals surface area (Å²) in [7, 11) is 0. The van der Waals surface area contributed by atoms with Crippen molar-refractivity contribution in [2.75, 3.05) is 11.5 Å². The molecule has 0 heterocycles. The van der Waals surface area contributed by atoms with Gasteiger partial charge in [0, 0.05) is 11.4 Å². The molecule has 0 amide bonds. The number of carbonyl (C=O) groups excluding carboxylic acids is 2. The van der Waals surface area contributed by atoms with Crippen molar-refractivity contribution < 1.29 is 38.9 Å². The number of anilines is 2. The molecule has 6 N–H and O–H groups in total. The summed E-state index contributed by atoms with van der Waals surface area (Å²) in [4.78, 5) is 42.5. The van der Waals surface area contributed by atoms with E-state index in [-0.39, 0.29) is 25.7 Å². The molecule has 10 heteroatoms. The Morgan fingerprint density at radius 2 is 0.900 bits per heavy atom. The summed E-state index contributed by atoms with van der Waals surface area (Å²) in [6, 6.07) is 12.8. The van der Waals surface area contributed by atoms with Gasteiger partial charge in [0.25, 0.3) is 0 Å². The molecule has 0 saturated heterocycles. The number of carbonyl (C=O) groups is 4. The monoisotopic (exact) mass is 418 g/mol. The molecule has 0 bridgehead atoms. The van der Waals surface area contributed by atoms with E-state index in [1.807, 2.05) is 0 Å². The lowest BCUT2D eigenvalue weighted by Gasteiger charge is -2.06. The second-order valence-electron chi connectivity index (χ2n) is 5.87. The highest BCUT2D eigenvalue weighted by Crippen LogP contribution is 2.15. The summed E-state index contributed by atoms with van der Waals surface area (Å²) >= 11 is 0. The van der Waals surface area contributed by atoms with Crippen LogP contribution in [0.3, 0.4) is 0 Å². The van der Waals surface area contributed by atoms with Crippen molar-refractivity contribution in [3.05, 3.63) is 48.5 Å². The number of hydrogen-bond donors (Lipinski definition) is 4. The van der Waals surface area contributed by atoms with Crippen molar-refractivity contribution in [2.45, 2.75) is 25.7 Å². The Balaban J connectivity index is 0.000000479. The second-order valence-corrected chi connectivity index (χ2v) is 5.87. The molecule has 0 unspecified atom stereocenters. The van der Waals surface area contributed by atoms with Gasteiger partial charge in [-0.3, -0.25) is 19.2 Å². The van der Waals surface area contributed by atoms with Crippen LogP contribution in [-0.2, 0) is 19.2 Å². The number of nitrogen functional groups attached to an aromatic ring is 2. The fourth-order valence-electron chi connectivity index (χ4n) is 1.85. The van der Waals surface area contributed by atoms with E-state index in [0.717, 1.165) is 0 Å². The minimum absolute atomic E-state index is 0.0712. The van der Waals surface area contributed by atoms with Crippen molar-refractivity contribution in [3.63, 3.8) is 0 Å². The third-order valence-electron chi connectivity index (χ3n) is 3.31. The number of rotatable bonds is 8. The molecule has 30 heavy (non-hydrogen) atoms. The zero-order chi connectivity index (χ0) is 22.5. The van der Waals surface area contributed by atoms with Gasteiger partial charge in [0.2, 0.25) is 0 Å². The van der Waals surface area contributed by atoms with Crippen LogP contribution in [0.2, 0.25) is 0 Å². The topological polar surface area (TPSA) is 179 Å². The Kier molecular flexibility index (Phi) is 9.90. The Morgan fingerprint density at radius 3 is 1.17 bits per heavy atom. The second kappa shape index (κ2) is 12.4. The molecule has 160 valence electrons. The zero-order valence-corrected chi connectivity index (χ0v) is 15.9. The molecule has 0 fully saturated rings. The maximum Gasteiger partial charge on any atom is 0.311 e. The van der Waals surface area contributed by atoms with E-state index in [0.29, 0.717) is 22.9 Å². The highest BCUT2D eigenvalue weighted by atomic mass is 16.5. The maximum atomic E-state index is 11.6. The Bertz CT molecular complexity index is 790. The summed E-state index contributed by atoms with van der Waals surface area (Å²) < 4.78 is 10.1. The van der Waals surface area contributed by atoms with Gasteiger partial charge in [-0.15, -0.1) is 0 Å². The largest absolute Gasteiger partial charge is 0.481 e. The molecule has 0 aliphatic rings. The van der Waals surface area contributed by atoms with Gasteiger partial charge in [-0.1, -0.05) is 0 Å². The lowest BCUT2D eigenvalue weighted by molar-refractivity contribution is -0.143. The molecule has 0 aliphatic carbocycles. The average Bonchev–Trinajstić information content (AvgIpc) is 2.69. The van der Waals surface area contributed by atoms with Crippen LogP contribution in [0.4, 0.5) is 11.4 Å². The number of carboxylic acids is 2. The molecule has 2 aromatic carbocycles. The SMILES string of the molecule is Nc1ccc(OC(=O)CCC(=O)Oc2ccc(N)cc2)cc1.O=C(O)CCC(=O)O. The van der Waals surface area contributed by atoms with E-state index in [2.05, 4.69) is 0 Å². The maximum absolute atomic E-state index is 11.6. The molecule has 10 nitrogen and oxygen atoms in total. The van der Waals surface area contributed by atoms with Crippen molar-refractivity contribution in [2.24, 2.45) is 0 Å². The highest BCUT2D eigenvalue weighted by Gasteiger charge is 2.11. The summed E-state index contributed by atoms with van der Waals surface area (Å²) in [5.74, 6) is -2.42. The number of nitrogens with two attached hydrogens (primary N) is 2. The van der Waals surface area contributed by atoms with Gasteiger partial charge in [-0.25, -0.2) is 0 Å². The Labute approximate surface area is 172 Å². The quantitative estimate of drug-likeness (QED) is 0.281. The predicted octanol–water partition coefficient (Wildman–Crippen LogP) is 2.08. The first-order chi connectivity index (χ1) is 14.2. The molecule has 2 rings (SSSR count). The van der Waals surface area contributed by atoms with E-state index in [1.165, 1.54) is 0 Å². The summed E-state index contributed by atoms with van der Waals surface area (Å²) in [5.41, 5.74) is 12.2. The van der Waals surface area contributed by atoms with Gasteiger partial charge in [0.05, 0.1) is 25.7 Å². The van der Waals surface area contributed by atoms with Gasteiger partial charge in [0.15, 0.2) is 0 Å². The van der Waals surface area contributed by atoms with Gasteiger partial charge in [0.1, 0.15) is 11.5 Å². The minimum atomic E-state index is -1.08. The molecule has 0 aromatic heterocycles. The minimum Gasteiger partial charge on any atom is -0.481 e. The summed E-state index contributed by atoms with van der Waals surface area (Å²) in [6.07, 6.45) is -0.735. The van der Waals surface area contributed by atoms with E-state index in [9.17, 15) is 19.2 Å². The first kappa shape index (κ1) is 24.0. The lowest BCUT2D eigenvalue weighted by atomic mass is 10.3. The first-order valence-corrected chi connectivity index (χ1v) is 8.71. The average molecular weight is 418 g/mol. The van der Waals surface area contributed by atoms with Crippen LogP contribution < -0.4 is 20.9 Å². The first-order valence-electron chi connectivity index (χ1n) is 8.71. The summed E-state index contributed by atoms with van der Waals surface area (Å²) in [6.45, 7) is 0. The van der Waals surface area contributed by atoms with Gasteiger partial charge in [-0.2, -0.15) is 0 Å². The lowest BCUT2D eigenvalue weighted by Crippen LogP contribution is -2.14. The van der Waals surface area contributed by atoms with Crippen LogP contribution >= 0.6 is 0 Å². The molecular formula is C20H22N2O8. The number of hydrogen-bond acceptors (Lipinski definition) is 8. The Hall–Kier alpha value is -4.08. The smallest absolute Gasteiger partial charge is 0.311 e. The van der Waals surface area contributed by atoms with Crippen LogP contribution in [0.15, 0.2) is 48.5 Å². The van der Waals surface area contributed by atoms with Crippen molar-refractivity contribution in [1.29, 1.82) is 0 Å². The van der Waals surface area contributed by atoms with Gasteiger partial charge < -0.3 is 31.2 Å². The summed E-state index contributed by atoms with van der Waals surface area (Å²) in [5, 5.41) is 15.8. The Morgan fingerprint density at radius 1 is 0.600 bits per heavy atom. The molecule has 0 atom stereocenters. The number of esters is 2. The molecule has 0 radical (unpaired) electrons. The van der Waals surface area contributed by atoms with Crippen molar-refractivity contribution in [1.82, 2.24) is 0 Å². The van der Waals surface area contributed by atoms with Gasteiger partial charge in [-0.05, 0) is 48.5 Å². The fraction of sp³-hybridized carbons (Fsp3) is 0.200. The zero-order valence-electron chi connectivity index (χ0n) is 15.9. The van der Waals surface area contributed by atoms with Crippen LogP contribution in [0.25, 0.3) is 0 Å². The van der Waals surface area contributed by atoms with E-state index in [4.69, 9.17) is 31.2 Å². The van der Waals surface area contributed by atoms with Crippen molar-refractivity contribution in [3.8, 4) is 11.5 Å². The number of carboxylic acid groups (broad SMARTS) is 2. The highest BCUT2D eigenvalue weighted by molar-refractivity contribution is 5.80. The molecule has 0 saturated carbocycles. The van der Waals surface area contributed by atoms with Crippen LogP contribution in [0.5, 0.6) is 11.5 Å². The number of ether oxygens (including phenoxy) is 2. The fourth-order valence-corrected chi connectivity index (χ4v) is 1.85. The number of aliphatic carboxylic acids is 2. The molecular weight excluding hydrogens is 396 g/mol. The van der Waals surface area contributed by atoms with E-state index >= 15 is 0 Å². The third kappa shape index (κ3) is 10.9. The third-order valence-corrected chi connectivity index (χ3v) is 3.31. The van der Waals surface area contributed by atoms with E-state index in [1.54, 1.807) is 48.5 Å². The van der Waals surface area contributed by atoms with Crippen LogP contribution in [0, 0.1) is 0 Å². The molecule has 0 spiro atoms. The molecule has 2 aromatic rings. The van der Waals surface area contributed by atoms with Crippen LogP contribution in [-0.4, -0.2) is 34.1 Å². The standard InChI is InChI=1S/C16H16N2O4.C4H6O4/c17-11-1-5-13(6-2-11)21-15(19)9-10-16(20)22-14-7-3-12(18)4-8-14;5-3(6)1-2-4(7)8/h1-8H,9-10,17-18H2;1-2H2,(H,5,6)(H,7,8). The van der Waals surface area contributed by atoms with Crippen molar-refractivity contribution >= 4 is 35.3 Å². The van der Waals surface area contributed by atoms with E-state index < -0.39 is 23.9 Å². The predicted molar refractivity (Wildman–Crippen MR) is 107 cm³/mol. The van der Waals surface area contributed by atoms with Crippen LogP contribution in [0.1, 0.15) is 25.7 Å². The number of benzene rings is 2.